The van der Waals surface area contributed by atoms with E-state index in [1.807, 2.05) is 24.3 Å². The molecule has 0 saturated heterocycles. The predicted octanol–water partition coefficient (Wildman–Crippen LogP) is 1.40. The first kappa shape index (κ1) is 8.22. The van der Waals surface area contributed by atoms with Crippen molar-refractivity contribution in [2.45, 2.75) is 0 Å². The van der Waals surface area contributed by atoms with Gasteiger partial charge in [-0.2, -0.15) is 0 Å². The minimum absolute atomic E-state index is 0.759. The fourth-order valence-corrected chi connectivity index (χ4v) is 0.978. The summed E-state index contributed by atoms with van der Waals surface area (Å²) in [4.78, 5) is 3.95. The number of para-hydroxylation sites is 2. The Balaban J connectivity index is 3.11. The SMILES string of the molecule is COc1ccccc1N=C=[Se]. The van der Waals surface area contributed by atoms with Gasteiger partial charge in [0.1, 0.15) is 0 Å². The van der Waals surface area contributed by atoms with Crippen LogP contribution in [0.5, 0.6) is 5.75 Å². The van der Waals surface area contributed by atoms with Crippen LogP contribution in [-0.4, -0.2) is 27.4 Å². The average Bonchev–Trinajstić information content (AvgIpc) is 2.06. The number of hydrogen-bond donors (Lipinski definition) is 0. The van der Waals surface area contributed by atoms with Crippen molar-refractivity contribution < 1.29 is 4.74 Å². The van der Waals surface area contributed by atoms with Crippen LogP contribution in [0.2, 0.25) is 0 Å². The molecule has 0 atom stereocenters. The van der Waals surface area contributed by atoms with Crippen LogP contribution in [0.4, 0.5) is 5.69 Å². The molecule has 0 spiro atoms. The third-order valence-corrected chi connectivity index (χ3v) is 1.44. The molecule has 0 bridgehead atoms. The summed E-state index contributed by atoms with van der Waals surface area (Å²) in [6, 6.07) is 7.52. The molecule has 0 aliphatic rings. The van der Waals surface area contributed by atoms with Crippen LogP contribution < -0.4 is 4.74 Å². The second-order valence-corrected chi connectivity index (χ2v) is 2.26. The van der Waals surface area contributed by atoms with E-state index in [9.17, 15) is 0 Å². The van der Waals surface area contributed by atoms with Crippen LogP contribution in [-0.2, 0) is 0 Å². The second kappa shape index (κ2) is 4.09. The van der Waals surface area contributed by atoms with Crippen molar-refractivity contribution in [1.29, 1.82) is 0 Å². The van der Waals surface area contributed by atoms with Gasteiger partial charge in [0, 0.05) is 0 Å². The molecule has 56 valence electrons. The standard InChI is InChI=1S/C8H7NOSe/c1-10-8-5-3-2-4-7(8)9-6-11/h2-5H,1H3. The maximum atomic E-state index is 5.05. The van der Waals surface area contributed by atoms with Gasteiger partial charge < -0.3 is 0 Å². The molecule has 11 heavy (non-hydrogen) atoms. The summed E-state index contributed by atoms with van der Waals surface area (Å²) in [6.07, 6.45) is 0. The molecule has 0 heterocycles. The van der Waals surface area contributed by atoms with E-state index < -0.39 is 0 Å². The Labute approximate surface area is 73.3 Å². The fraction of sp³-hybridized carbons (Fsp3) is 0.125. The molecular weight excluding hydrogens is 205 g/mol. The molecular formula is C8H7NOSe. The van der Waals surface area contributed by atoms with Gasteiger partial charge in [-0.25, -0.2) is 0 Å². The van der Waals surface area contributed by atoms with E-state index in [1.54, 1.807) is 7.11 Å². The van der Waals surface area contributed by atoms with Crippen molar-refractivity contribution in [3.05, 3.63) is 24.3 Å². The predicted molar refractivity (Wildman–Crippen MR) is 45.8 cm³/mol. The van der Waals surface area contributed by atoms with Gasteiger partial charge in [-0.1, -0.05) is 0 Å². The molecule has 0 aromatic heterocycles. The number of methoxy groups -OCH3 is 1. The van der Waals surface area contributed by atoms with Crippen molar-refractivity contribution in [1.82, 2.24) is 0 Å². The van der Waals surface area contributed by atoms with Crippen LogP contribution in [0.1, 0.15) is 0 Å². The van der Waals surface area contributed by atoms with E-state index in [0.717, 1.165) is 11.4 Å². The Bertz CT molecular complexity index is 292. The first-order valence-electron chi connectivity index (χ1n) is 3.09. The summed E-state index contributed by atoms with van der Waals surface area (Å²) >= 11 is 2.57. The van der Waals surface area contributed by atoms with Gasteiger partial charge in [-0.05, 0) is 0 Å². The van der Waals surface area contributed by atoms with E-state index in [4.69, 9.17) is 4.74 Å². The molecule has 1 aromatic carbocycles. The third-order valence-electron chi connectivity index (χ3n) is 1.25. The number of benzene rings is 1. The van der Waals surface area contributed by atoms with E-state index in [2.05, 4.69) is 25.3 Å². The molecule has 0 aliphatic heterocycles. The number of hydrogen-bond acceptors (Lipinski definition) is 2. The van der Waals surface area contributed by atoms with Gasteiger partial charge in [0.05, 0.1) is 0 Å². The van der Waals surface area contributed by atoms with Crippen molar-refractivity contribution in [3.8, 4) is 5.75 Å². The van der Waals surface area contributed by atoms with Crippen LogP contribution in [0.15, 0.2) is 29.3 Å². The second-order valence-electron chi connectivity index (χ2n) is 1.87. The van der Waals surface area contributed by atoms with E-state index >= 15 is 0 Å². The maximum absolute atomic E-state index is 5.05. The van der Waals surface area contributed by atoms with Crippen molar-refractivity contribution in [2.24, 2.45) is 4.99 Å². The first-order valence-corrected chi connectivity index (χ1v) is 3.95. The van der Waals surface area contributed by atoms with E-state index in [1.165, 1.54) is 0 Å². The Kier molecular flexibility index (Phi) is 3.06. The molecule has 0 saturated carbocycles. The fourth-order valence-electron chi connectivity index (χ4n) is 0.771. The summed E-state index contributed by atoms with van der Waals surface area (Å²) in [5, 5.41) is 0. The monoisotopic (exact) mass is 213 g/mol. The Morgan fingerprint density at radius 3 is 2.82 bits per heavy atom. The van der Waals surface area contributed by atoms with Gasteiger partial charge >= 0.3 is 72.8 Å². The van der Waals surface area contributed by atoms with Crippen LogP contribution in [0.3, 0.4) is 0 Å². The van der Waals surface area contributed by atoms with E-state index in [0.29, 0.717) is 0 Å². The summed E-state index contributed by atoms with van der Waals surface area (Å²) in [6.45, 7) is 0. The Morgan fingerprint density at radius 1 is 1.45 bits per heavy atom. The molecule has 0 fully saturated rings. The first-order chi connectivity index (χ1) is 5.38. The molecule has 0 radical (unpaired) electrons. The van der Waals surface area contributed by atoms with Crippen molar-refractivity contribution >= 4 is 26.0 Å². The molecule has 0 aliphatic carbocycles. The summed E-state index contributed by atoms with van der Waals surface area (Å²) in [5.74, 6) is 0.759. The third kappa shape index (κ3) is 2.02. The molecule has 3 heteroatoms. The Morgan fingerprint density at radius 2 is 2.18 bits per heavy atom. The molecule has 0 unspecified atom stereocenters. The molecule has 0 amide bonds. The summed E-state index contributed by atoms with van der Waals surface area (Å²) < 4.78 is 7.63. The average molecular weight is 212 g/mol. The quantitative estimate of drug-likeness (QED) is 0.536. The minimum atomic E-state index is 0.759. The van der Waals surface area contributed by atoms with Crippen LogP contribution in [0, 0.1) is 0 Å². The normalized spacial score (nSPS) is 8.45. The molecule has 1 aromatic rings. The van der Waals surface area contributed by atoms with Gasteiger partial charge in [-0.3, -0.25) is 0 Å². The van der Waals surface area contributed by atoms with Crippen LogP contribution >= 0.6 is 0 Å². The number of rotatable bonds is 2. The topological polar surface area (TPSA) is 21.6 Å². The van der Waals surface area contributed by atoms with Crippen molar-refractivity contribution in [3.63, 3.8) is 0 Å². The number of aliphatic imine (C=N–C) groups is 1. The zero-order valence-electron chi connectivity index (χ0n) is 6.07. The van der Waals surface area contributed by atoms with E-state index in [-0.39, 0.29) is 0 Å². The van der Waals surface area contributed by atoms with Gasteiger partial charge in [0.2, 0.25) is 0 Å². The zero-order chi connectivity index (χ0) is 8.10. The molecule has 2 nitrogen and oxygen atoms in total. The van der Waals surface area contributed by atoms with Crippen molar-refractivity contribution in [2.75, 3.05) is 7.11 Å². The molecule has 0 N–H and O–H groups in total. The summed E-state index contributed by atoms with van der Waals surface area (Å²) in [7, 11) is 1.62. The number of ether oxygens (including phenoxy) is 1. The van der Waals surface area contributed by atoms with Crippen LogP contribution in [0.25, 0.3) is 0 Å². The van der Waals surface area contributed by atoms with Gasteiger partial charge in [-0.15, -0.1) is 0 Å². The molecule has 1 rings (SSSR count). The van der Waals surface area contributed by atoms with Gasteiger partial charge in [0.25, 0.3) is 0 Å². The zero-order valence-corrected chi connectivity index (χ0v) is 7.79. The summed E-state index contributed by atoms with van der Waals surface area (Å²) in [5.41, 5.74) is 0.786. The Hall–Kier alpha value is -0.881. The van der Waals surface area contributed by atoms with Gasteiger partial charge in [0.15, 0.2) is 0 Å². The number of nitrogens with zero attached hydrogens (tertiary/aromatic N) is 1.